The molecule has 0 spiro atoms. The van der Waals surface area contributed by atoms with E-state index in [4.69, 9.17) is 5.73 Å². The summed E-state index contributed by atoms with van der Waals surface area (Å²) < 4.78 is 22.8. The molecule has 1 aromatic heterocycles. The molecule has 13 heavy (non-hydrogen) atoms. The molecule has 2 N–H and O–H groups in total. The van der Waals surface area contributed by atoms with Crippen LogP contribution in [0.4, 0.5) is 0 Å². The average molecular weight is 284 g/mol. The molecule has 6 heteroatoms. The van der Waals surface area contributed by atoms with Crippen molar-refractivity contribution in [3.63, 3.8) is 0 Å². The third-order valence-electron chi connectivity index (χ3n) is 1.46. The molecule has 0 radical (unpaired) electrons. The Kier molecular flexibility index (Phi) is 3.50. The second kappa shape index (κ2) is 4.08. The van der Waals surface area contributed by atoms with Gasteiger partial charge in [0.15, 0.2) is 0 Å². The van der Waals surface area contributed by atoms with Gasteiger partial charge in [-0.2, -0.15) is 0 Å². The van der Waals surface area contributed by atoms with Gasteiger partial charge < -0.3 is 5.73 Å². The zero-order chi connectivity index (χ0) is 10.1. The van der Waals surface area contributed by atoms with Crippen molar-refractivity contribution in [3.8, 4) is 0 Å². The molecule has 0 saturated carbocycles. The second-order valence-electron chi connectivity index (χ2n) is 2.83. The highest BCUT2D eigenvalue weighted by Crippen LogP contribution is 2.28. The minimum Gasteiger partial charge on any atom is -0.322 e. The van der Waals surface area contributed by atoms with E-state index in [2.05, 4.69) is 15.9 Å². The van der Waals surface area contributed by atoms with Gasteiger partial charge in [-0.1, -0.05) is 0 Å². The number of sulfone groups is 1. The highest BCUT2D eigenvalue weighted by atomic mass is 79.9. The predicted molar refractivity (Wildman–Crippen MR) is 58.7 cm³/mol. The molecule has 3 nitrogen and oxygen atoms in total. The summed E-state index contributed by atoms with van der Waals surface area (Å²) in [5.74, 6) is -0.00782. The summed E-state index contributed by atoms with van der Waals surface area (Å²) in [6.07, 6.45) is 1.19. The molecule has 0 amide bonds. The first kappa shape index (κ1) is 11.2. The zero-order valence-electron chi connectivity index (χ0n) is 7.03. The summed E-state index contributed by atoms with van der Waals surface area (Å²) in [5.41, 5.74) is 5.73. The van der Waals surface area contributed by atoms with Gasteiger partial charge in [0.25, 0.3) is 0 Å². The Morgan fingerprint density at radius 3 is 2.69 bits per heavy atom. The molecule has 74 valence electrons. The van der Waals surface area contributed by atoms with Gasteiger partial charge in [0, 0.05) is 15.6 Å². The highest BCUT2D eigenvalue weighted by Gasteiger charge is 2.16. The van der Waals surface area contributed by atoms with Crippen LogP contribution in [0.2, 0.25) is 0 Å². The van der Waals surface area contributed by atoms with Crippen molar-refractivity contribution < 1.29 is 8.42 Å². The fourth-order valence-corrected chi connectivity index (χ4v) is 3.57. The van der Waals surface area contributed by atoms with Crippen LogP contribution in [-0.4, -0.2) is 20.4 Å². The molecule has 0 bridgehead atoms. The molecule has 0 saturated heterocycles. The summed E-state index contributed by atoms with van der Waals surface area (Å²) in [6, 6.07) is 1.44. The third-order valence-corrected chi connectivity index (χ3v) is 4.43. The van der Waals surface area contributed by atoms with Crippen molar-refractivity contribution in [3.05, 3.63) is 20.8 Å². The van der Waals surface area contributed by atoms with E-state index < -0.39 is 15.9 Å². The van der Waals surface area contributed by atoms with Crippen LogP contribution in [-0.2, 0) is 9.84 Å². The number of hydrogen-bond donors (Lipinski definition) is 1. The Bertz CT molecular complexity index is 385. The average Bonchev–Trinajstić information content (AvgIpc) is 2.30. The van der Waals surface area contributed by atoms with Gasteiger partial charge in [-0.25, -0.2) is 8.42 Å². The number of hydrogen-bond acceptors (Lipinski definition) is 4. The van der Waals surface area contributed by atoms with Crippen molar-refractivity contribution in [2.45, 2.75) is 6.04 Å². The van der Waals surface area contributed by atoms with Gasteiger partial charge in [0.2, 0.25) is 0 Å². The standard InChI is InChI=1S/C7H10BrNO2S2/c1-13(10,11)4-6(9)7-5(8)2-3-12-7/h2-3,6H,4,9H2,1H3. The maximum absolute atomic E-state index is 11.0. The van der Waals surface area contributed by atoms with E-state index in [9.17, 15) is 8.42 Å². The van der Waals surface area contributed by atoms with Crippen LogP contribution in [0, 0.1) is 0 Å². The van der Waals surface area contributed by atoms with Crippen molar-refractivity contribution in [1.82, 2.24) is 0 Å². The van der Waals surface area contributed by atoms with Gasteiger partial charge in [-0.3, -0.25) is 0 Å². The predicted octanol–water partition coefficient (Wildman–Crippen LogP) is 1.55. The van der Waals surface area contributed by atoms with Crippen LogP contribution in [0.25, 0.3) is 0 Å². The molecular weight excluding hydrogens is 274 g/mol. The lowest BCUT2D eigenvalue weighted by Gasteiger charge is -2.08. The van der Waals surface area contributed by atoms with E-state index >= 15 is 0 Å². The van der Waals surface area contributed by atoms with Gasteiger partial charge in [-0.05, 0) is 27.4 Å². The van der Waals surface area contributed by atoms with E-state index in [1.54, 1.807) is 0 Å². The minimum absolute atomic E-state index is 0.00782. The molecule has 0 fully saturated rings. The molecule has 1 heterocycles. The van der Waals surface area contributed by atoms with Crippen molar-refractivity contribution in [2.75, 3.05) is 12.0 Å². The van der Waals surface area contributed by atoms with E-state index in [1.165, 1.54) is 17.6 Å². The smallest absolute Gasteiger partial charge is 0.149 e. The van der Waals surface area contributed by atoms with Crippen LogP contribution in [0.15, 0.2) is 15.9 Å². The molecule has 1 atom stereocenters. The van der Waals surface area contributed by atoms with Crippen LogP contribution in [0.1, 0.15) is 10.9 Å². The normalized spacial score (nSPS) is 14.4. The topological polar surface area (TPSA) is 60.2 Å². The summed E-state index contributed by atoms with van der Waals surface area (Å²) in [4.78, 5) is 0.880. The summed E-state index contributed by atoms with van der Waals surface area (Å²) in [5, 5.41) is 1.88. The zero-order valence-corrected chi connectivity index (χ0v) is 10.2. The van der Waals surface area contributed by atoms with E-state index in [0.717, 1.165) is 9.35 Å². The van der Waals surface area contributed by atoms with Gasteiger partial charge >= 0.3 is 0 Å². The van der Waals surface area contributed by atoms with Crippen LogP contribution < -0.4 is 5.73 Å². The van der Waals surface area contributed by atoms with Gasteiger partial charge in [0.05, 0.1) is 11.8 Å². The quantitative estimate of drug-likeness (QED) is 0.916. The lowest BCUT2D eigenvalue weighted by atomic mass is 10.3. The van der Waals surface area contributed by atoms with Crippen molar-refractivity contribution in [2.24, 2.45) is 5.73 Å². The molecule has 0 aliphatic carbocycles. The summed E-state index contributed by atoms with van der Waals surface area (Å²) in [7, 11) is -3.01. The molecule has 0 aliphatic heterocycles. The molecule has 1 unspecified atom stereocenters. The fourth-order valence-electron chi connectivity index (χ4n) is 0.972. The Morgan fingerprint density at radius 1 is 1.69 bits per heavy atom. The fraction of sp³-hybridized carbons (Fsp3) is 0.429. The molecule has 1 aromatic rings. The van der Waals surface area contributed by atoms with Crippen LogP contribution in [0.3, 0.4) is 0 Å². The maximum Gasteiger partial charge on any atom is 0.149 e. The summed E-state index contributed by atoms with van der Waals surface area (Å²) >= 11 is 4.77. The van der Waals surface area contributed by atoms with E-state index in [-0.39, 0.29) is 5.75 Å². The van der Waals surface area contributed by atoms with Gasteiger partial charge in [-0.15, -0.1) is 11.3 Å². The Balaban J connectivity index is 2.81. The SMILES string of the molecule is CS(=O)(=O)CC(N)c1sccc1Br. The first-order chi connectivity index (χ1) is 5.90. The molecule has 0 aliphatic rings. The van der Waals surface area contributed by atoms with Crippen LogP contribution >= 0.6 is 27.3 Å². The summed E-state index contributed by atoms with van der Waals surface area (Å²) in [6.45, 7) is 0. The Hall–Kier alpha value is 0.0900. The number of rotatable bonds is 3. The van der Waals surface area contributed by atoms with Crippen molar-refractivity contribution >= 4 is 37.1 Å². The lowest BCUT2D eigenvalue weighted by molar-refractivity contribution is 0.595. The van der Waals surface area contributed by atoms with E-state index in [0.29, 0.717) is 0 Å². The first-order valence-electron chi connectivity index (χ1n) is 3.56. The van der Waals surface area contributed by atoms with Crippen LogP contribution in [0.5, 0.6) is 0 Å². The number of nitrogens with two attached hydrogens (primary N) is 1. The minimum atomic E-state index is -3.01. The molecule has 0 aromatic carbocycles. The number of thiophene rings is 1. The van der Waals surface area contributed by atoms with Gasteiger partial charge in [0.1, 0.15) is 9.84 Å². The first-order valence-corrected chi connectivity index (χ1v) is 7.29. The molecular formula is C7H10BrNO2S2. The Labute approximate surface area is 90.0 Å². The number of halogens is 1. The Morgan fingerprint density at radius 2 is 2.31 bits per heavy atom. The lowest BCUT2D eigenvalue weighted by Crippen LogP contribution is -2.20. The largest absolute Gasteiger partial charge is 0.322 e. The second-order valence-corrected chi connectivity index (χ2v) is 6.82. The monoisotopic (exact) mass is 283 g/mol. The molecule has 1 rings (SSSR count). The maximum atomic E-state index is 11.0. The van der Waals surface area contributed by atoms with Crippen molar-refractivity contribution in [1.29, 1.82) is 0 Å². The highest BCUT2D eigenvalue weighted by molar-refractivity contribution is 9.10. The third kappa shape index (κ3) is 3.38. The van der Waals surface area contributed by atoms with E-state index in [1.807, 2.05) is 11.4 Å².